The fourth-order valence-electron chi connectivity index (χ4n) is 1.85. The highest BCUT2D eigenvalue weighted by atomic mass is 16.5. The highest BCUT2D eigenvalue weighted by molar-refractivity contribution is 5.88. The second-order valence-corrected chi connectivity index (χ2v) is 4.51. The molecule has 0 radical (unpaired) electrons. The minimum Gasteiger partial charge on any atom is -0.493 e. The molecule has 0 unspecified atom stereocenters. The van der Waals surface area contributed by atoms with Crippen LogP contribution in [0.5, 0.6) is 11.5 Å². The first-order chi connectivity index (χ1) is 9.69. The maximum atomic E-state index is 10.9. The predicted octanol–water partition coefficient (Wildman–Crippen LogP) is 2.72. The van der Waals surface area contributed by atoms with E-state index in [0.29, 0.717) is 18.1 Å². The van der Waals surface area contributed by atoms with Gasteiger partial charge in [0.15, 0.2) is 11.5 Å². The summed E-state index contributed by atoms with van der Waals surface area (Å²) in [6.07, 6.45) is 4.95. The zero-order valence-electron chi connectivity index (χ0n) is 11.8. The van der Waals surface area contributed by atoms with Crippen LogP contribution in [-0.4, -0.2) is 36.5 Å². The van der Waals surface area contributed by atoms with Crippen LogP contribution in [0.15, 0.2) is 18.2 Å². The summed E-state index contributed by atoms with van der Waals surface area (Å²) < 4.78 is 10.7. The number of ether oxygens (including phenoxy) is 2. The molecule has 0 aromatic heterocycles. The van der Waals surface area contributed by atoms with Gasteiger partial charge in [-0.25, -0.2) is 4.79 Å². The van der Waals surface area contributed by atoms with Crippen molar-refractivity contribution in [2.75, 3.05) is 20.3 Å². The summed E-state index contributed by atoms with van der Waals surface area (Å²) in [7, 11) is 1.49. The second kappa shape index (κ2) is 9.20. The standard InChI is InChI=1S/C15H22O5/c1-19-14-11-12(15(17)18)7-8-13(14)20-10-6-4-2-3-5-9-16/h7-8,11,16H,2-6,9-10H2,1H3,(H,17,18). The maximum absolute atomic E-state index is 10.9. The van der Waals surface area contributed by atoms with E-state index >= 15 is 0 Å². The molecule has 0 saturated heterocycles. The lowest BCUT2D eigenvalue weighted by molar-refractivity contribution is 0.0696. The van der Waals surface area contributed by atoms with Crippen LogP contribution in [0.1, 0.15) is 42.5 Å². The molecule has 1 rings (SSSR count). The Morgan fingerprint density at radius 1 is 1.10 bits per heavy atom. The molecule has 0 aliphatic carbocycles. The van der Waals surface area contributed by atoms with Crippen LogP contribution in [0.4, 0.5) is 0 Å². The first-order valence-electron chi connectivity index (χ1n) is 6.84. The van der Waals surface area contributed by atoms with Gasteiger partial charge in [-0.15, -0.1) is 0 Å². The molecule has 0 aliphatic rings. The predicted molar refractivity (Wildman–Crippen MR) is 75.6 cm³/mol. The molecule has 20 heavy (non-hydrogen) atoms. The Kier molecular flexibility index (Phi) is 7.50. The Labute approximate surface area is 119 Å². The number of rotatable bonds is 10. The average Bonchev–Trinajstić information content (AvgIpc) is 2.46. The number of carboxylic acids is 1. The number of unbranched alkanes of at least 4 members (excludes halogenated alkanes) is 4. The highest BCUT2D eigenvalue weighted by Crippen LogP contribution is 2.28. The van der Waals surface area contributed by atoms with Gasteiger partial charge in [-0.1, -0.05) is 19.3 Å². The number of aliphatic hydroxyl groups excluding tert-OH is 1. The molecular formula is C15H22O5. The summed E-state index contributed by atoms with van der Waals surface area (Å²) >= 11 is 0. The van der Waals surface area contributed by atoms with Crippen molar-refractivity contribution >= 4 is 5.97 Å². The number of hydrogen-bond acceptors (Lipinski definition) is 4. The zero-order chi connectivity index (χ0) is 14.8. The van der Waals surface area contributed by atoms with Crippen molar-refractivity contribution in [3.05, 3.63) is 23.8 Å². The van der Waals surface area contributed by atoms with Gasteiger partial charge >= 0.3 is 5.97 Å². The number of hydrogen-bond donors (Lipinski definition) is 2. The first-order valence-corrected chi connectivity index (χ1v) is 6.84. The average molecular weight is 282 g/mol. The molecule has 1 aromatic rings. The van der Waals surface area contributed by atoms with Gasteiger partial charge in [0.25, 0.3) is 0 Å². The van der Waals surface area contributed by atoms with Crippen LogP contribution in [0.25, 0.3) is 0 Å². The summed E-state index contributed by atoms with van der Waals surface area (Å²) in [6, 6.07) is 4.58. The third kappa shape index (κ3) is 5.48. The van der Waals surface area contributed by atoms with E-state index in [-0.39, 0.29) is 12.2 Å². The van der Waals surface area contributed by atoms with E-state index < -0.39 is 5.97 Å². The van der Waals surface area contributed by atoms with E-state index in [9.17, 15) is 4.79 Å². The van der Waals surface area contributed by atoms with Crippen LogP contribution >= 0.6 is 0 Å². The van der Waals surface area contributed by atoms with E-state index in [2.05, 4.69) is 0 Å². The molecule has 0 saturated carbocycles. The molecule has 0 aliphatic heterocycles. The van der Waals surface area contributed by atoms with Crippen molar-refractivity contribution in [2.24, 2.45) is 0 Å². The topological polar surface area (TPSA) is 76.0 Å². The van der Waals surface area contributed by atoms with Crippen molar-refractivity contribution in [1.82, 2.24) is 0 Å². The Balaban J connectivity index is 2.38. The van der Waals surface area contributed by atoms with Crippen LogP contribution in [-0.2, 0) is 0 Å². The normalized spacial score (nSPS) is 10.3. The molecule has 2 N–H and O–H groups in total. The van der Waals surface area contributed by atoms with Crippen molar-refractivity contribution in [2.45, 2.75) is 32.1 Å². The van der Waals surface area contributed by atoms with Crippen LogP contribution in [0.2, 0.25) is 0 Å². The van der Waals surface area contributed by atoms with Crippen molar-refractivity contribution in [3.8, 4) is 11.5 Å². The third-order valence-electron chi connectivity index (χ3n) is 2.97. The Bertz CT molecular complexity index is 417. The van der Waals surface area contributed by atoms with E-state index in [0.717, 1.165) is 32.1 Å². The summed E-state index contributed by atoms with van der Waals surface area (Å²) in [5.74, 6) is 0.0109. The lowest BCUT2D eigenvalue weighted by atomic mass is 10.1. The quantitative estimate of drug-likeness (QED) is 0.645. The van der Waals surface area contributed by atoms with Gasteiger partial charge in [0, 0.05) is 6.61 Å². The van der Waals surface area contributed by atoms with Crippen molar-refractivity contribution in [3.63, 3.8) is 0 Å². The number of benzene rings is 1. The van der Waals surface area contributed by atoms with Crippen LogP contribution in [0, 0.1) is 0 Å². The first kappa shape index (κ1) is 16.3. The van der Waals surface area contributed by atoms with E-state index in [1.165, 1.54) is 19.2 Å². The largest absolute Gasteiger partial charge is 0.493 e. The summed E-state index contributed by atoms with van der Waals surface area (Å²) in [4.78, 5) is 10.9. The number of aromatic carboxylic acids is 1. The molecule has 112 valence electrons. The van der Waals surface area contributed by atoms with Gasteiger partial charge in [-0.2, -0.15) is 0 Å². The molecule has 0 amide bonds. The minimum absolute atomic E-state index is 0.179. The van der Waals surface area contributed by atoms with Gasteiger partial charge in [-0.05, 0) is 31.0 Å². The van der Waals surface area contributed by atoms with E-state index in [4.69, 9.17) is 19.7 Å². The van der Waals surface area contributed by atoms with Gasteiger partial charge in [0.2, 0.25) is 0 Å². The molecule has 5 heteroatoms. The van der Waals surface area contributed by atoms with Crippen LogP contribution in [0.3, 0.4) is 0 Å². The lowest BCUT2D eigenvalue weighted by Gasteiger charge is -2.11. The Morgan fingerprint density at radius 3 is 2.45 bits per heavy atom. The lowest BCUT2D eigenvalue weighted by Crippen LogP contribution is -2.02. The molecule has 5 nitrogen and oxygen atoms in total. The fraction of sp³-hybridized carbons (Fsp3) is 0.533. The van der Waals surface area contributed by atoms with Gasteiger partial charge in [-0.3, -0.25) is 0 Å². The van der Waals surface area contributed by atoms with E-state index in [1.54, 1.807) is 6.07 Å². The number of carbonyl (C=O) groups is 1. The van der Waals surface area contributed by atoms with Gasteiger partial charge in [0.05, 0.1) is 19.3 Å². The van der Waals surface area contributed by atoms with Gasteiger partial charge in [0.1, 0.15) is 0 Å². The van der Waals surface area contributed by atoms with Crippen molar-refractivity contribution < 1.29 is 24.5 Å². The smallest absolute Gasteiger partial charge is 0.335 e. The monoisotopic (exact) mass is 282 g/mol. The van der Waals surface area contributed by atoms with Crippen LogP contribution < -0.4 is 9.47 Å². The molecule has 0 bridgehead atoms. The maximum Gasteiger partial charge on any atom is 0.335 e. The Hall–Kier alpha value is -1.75. The van der Waals surface area contributed by atoms with Gasteiger partial charge < -0.3 is 19.7 Å². The van der Waals surface area contributed by atoms with E-state index in [1.807, 2.05) is 0 Å². The van der Waals surface area contributed by atoms with Crippen molar-refractivity contribution in [1.29, 1.82) is 0 Å². The summed E-state index contributed by atoms with van der Waals surface area (Å²) in [5, 5.41) is 17.6. The molecular weight excluding hydrogens is 260 g/mol. The molecule has 1 aromatic carbocycles. The summed E-state index contributed by atoms with van der Waals surface area (Å²) in [6.45, 7) is 0.825. The zero-order valence-corrected chi connectivity index (χ0v) is 11.8. The molecule has 0 spiro atoms. The second-order valence-electron chi connectivity index (χ2n) is 4.51. The number of methoxy groups -OCH3 is 1. The SMILES string of the molecule is COc1cc(C(=O)O)ccc1OCCCCCCCO. The number of aliphatic hydroxyl groups is 1. The highest BCUT2D eigenvalue weighted by Gasteiger charge is 2.09. The summed E-state index contributed by atoms with van der Waals surface area (Å²) in [5.41, 5.74) is 0.179. The molecule has 0 heterocycles. The Morgan fingerprint density at radius 2 is 1.80 bits per heavy atom. The third-order valence-corrected chi connectivity index (χ3v) is 2.97. The molecule has 0 fully saturated rings. The number of carboxylic acid groups (broad SMARTS) is 1. The minimum atomic E-state index is -0.987. The fourth-order valence-corrected chi connectivity index (χ4v) is 1.85. The molecule has 0 atom stereocenters.